The lowest BCUT2D eigenvalue weighted by molar-refractivity contribution is 0.308. The van der Waals surface area contributed by atoms with Crippen molar-refractivity contribution in [2.24, 2.45) is 0 Å². The summed E-state index contributed by atoms with van der Waals surface area (Å²) in [5, 5.41) is 0. The molecule has 0 spiro atoms. The van der Waals surface area contributed by atoms with Crippen LogP contribution in [0.15, 0.2) is 18.2 Å². The Morgan fingerprint density at radius 1 is 1.22 bits per heavy atom. The normalized spacial score (nSPS) is 11.6. The summed E-state index contributed by atoms with van der Waals surface area (Å²) in [6.07, 6.45) is 3.27. The molecular weight excluding hydrogens is 240 g/mol. The number of benzene rings is 1. The highest BCUT2D eigenvalue weighted by Crippen LogP contribution is 2.32. The number of rotatable bonds is 6. The first-order valence-electron chi connectivity index (χ1n) is 6.86. The lowest BCUT2D eigenvalue weighted by atomic mass is 9.85. The molecular formula is C16H26OS. The van der Waals surface area contributed by atoms with Crippen molar-refractivity contribution in [3.05, 3.63) is 29.3 Å². The zero-order valence-electron chi connectivity index (χ0n) is 12.1. The molecule has 0 bridgehead atoms. The zero-order chi connectivity index (χ0) is 13.6. The third-order valence-electron chi connectivity index (χ3n) is 2.94. The van der Waals surface area contributed by atoms with Crippen LogP contribution in [0.25, 0.3) is 0 Å². The molecule has 1 aromatic carbocycles. The Morgan fingerprint density at radius 2 is 1.94 bits per heavy atom. The van der Waals surface area contributed by atoms with E-state index < -0.39 is 0 Å². The van der Waals surface area contributed by atoms with Crippen molar-refractivity contribution < 1.29 is 4.74 Å². The molecule has 0 saturated heterocycles. The van der Waals surface area contributed by atoms with Crippen LogP contribution in [0.5, 0.6) is 5.75 Å². The first kappa shape index (κ1) is 15.4. The van der Waals surface area contributed by atoms with Gasteiger partial charge in [-0.25, -0.2) is 0 Å². The number of ether oxygens (including phenoxy) is 1. The van der Waals surface area contributed by atoms with E-state index in [1.54, 1.807) is 0 Å². The quantitative estimate of drug-likeness (QED) is 0.738. The van der Waals surface area contributed by atoms with E-state index in [-0.39, 0.29) is 5.41 Å². The molecule has 0 radical (unpaired) electrons. The number of aryl methyl sites for hydroxylation is 1. The van der Waals surface area contributed by atoms with E-state index in [1.165, 1.54) is 11.1 Å². The van der Waals surface area contributed by atoms with Gasteiger partial charge in [0.1, 0.15) is 5.75 Å². The zero-order valence-corrected chi connectivity index (χ0v) is 13.0. The van der Waals surface area contributed by atoms with E-state index >= 15 is 0 Å². The van der Waals surface area contributed by atoms with Gasteiger partial charge in [-0.05, 0) is 47.6 Å². The summed E-state index contributed by atoms with van der Waals surface area (Å²) in [7, 11) is 0. The highest BCUT2D eigenvalue weighted by atomic mass is 32.1. The molecule has 0 amide bonds. The van der Waals surface area contributed by atoms with Gasteiger partial charge < -0.3 is 4.74 Å². The molecule has 0 aliphatic heterocycles. The van der Waals surface area contributed by atoms with E-state index in [9.17, 15) is 0 Å². The Bertz CT molecular complexity index is 366. The van der Waals surface area contributed by atoms with Crippen LogP contribution in [-0.4, -0.2) is 12.4 Å². The molecule has 0 fully saturated rings. The van der Waals surface area contributed by atoms with Gasteiger partial charge in [0.25, 0.3) is 0 Å². The van der Waals surface area contributed by atoms with Crippen LogP contribution < -0.4 is 4.74 Å². The Labute approximate surface area is 117 Å². The van der Waals surface area contributed by atoms with Crippen molar-refractivity contribution >= 4 is 12.6 Å². The van der Waals surface area contributed by atoms with Crippen LogP contribution in [0.2, 0.25) is 0 Å². The lowest BCUT2D eigenvalue weighted by Gasteiger charge is -2.23. The summed E-state index contributed by atoms with van der Waals surface area (Å²) < 4.78 is 5.86. The molecule has 1 nitrogen and oxygen atoms in total. The second kappa shape index (κ2) is 7.08. The summed E-state index contributed by atoms with van der Waals surface area (Å²) in [5.74, 6) is 1.98. The van der Waals surface area contributed by atoms with Crippen LogP contribution in [0.3, 0.4) is 0 Å². The molecule has 0 N–H and O–H groups in total. The molecule has 0 atom stereocenters. The smallest absolute Gasteiger partial charge is 0.123 e. The Hall–Kier alpha value is -0.630. The minimum absolute atomic E-state index is 0.125. The highest BCUT2D eigenvalue weighted by Gasteiger charge is 2.19. The van der Waals surface area contributed by atoms with Crippen molar-refractivity contribution in [2.75, 3.05) is 12.4 Å². The third kappa shape index (κ3) is 4.56. The van der Waals surface area contributed by atoms with Crippen molar-refractivity contribution in [3.8, 4) is 5.75 Å². The van der Waals surface area contributed by atoms with Gasteiger partial charge in [0.2, 0.25) is 0 Å². The van der Waals surface area contributed by atoms with E-state index in [1.807, 2.05) is 0 Å². The first-order chi connectivity index (χ1) is 8.49. The average molecular weight is 266 g/mol. The highest BCUT2D eigenvalue weighted by molar-refractivity contribution is 7.80. The summed E-state index contributed by atoms with van der Waals surface area (Å²) in [6.45, 7) is 9.65. The second-order valence-corrected chi connectivity index (χ2v) is 6.20. The van der Waals surface area contributed by atoms with Crippen molar-refractivity contribution in [1.82, 2.24) is 0 Å². The molecule has 0 heterocycles. The van der Waals surface area contributed by atoms with Crippen LogP contribution in [0.4, 0.5) is 0 Å². The first-order valence-corrected chi connectivity index (χ1v) is 7.49. The average Bonchev–Trinajstić information content (AvgIpc) is 2.33. The summed E-state index contributed by atoms with van der Waals surface area (Å²) in [6, 6.07) is 6.61. The predicted octanol–water partition coefficient (Wildman–Crippen LogP) is 4.64. The second-order valence-electron chi connectivity index (χ2n) is 5.76. The Kier molecular flexibility index (Phi) is 6.07. The molecule has 0 saturated carbocycles. The predicted molar refractivity (Wildman–Crippen MR) is 83.1 cm³/mol. The molecule has 2 heteroatoms. The maximum atomic E-state index is 5.86. The van der Waals surface area contributed by atoms with E-state index in [0.29, 0.717) is 0 Å². The molecule has 0 aliphatic carbocycles. The van der Waals surface area contributed by atoms with Gasteiger partial charge in [-0.1, -0.05) is 39.8 Å². The maximum Gasteiger partial charge on any atom is 0.123 e. The number of hydrogen-bond donors (Lipinski definition) is 1. The SMILES string of the molecule is CCCOc1ccc(CCCS)cc1C(C)(C)C. The van der Waals surface area contributed by atoms with E-state index in [4.69, 9.17) is 4.74 Å². The van der Waals surface area contributed by atoms with Gasteiger partial charge in [-0.2, -0.15) is 12.6 Å². The number of thiol groups is 1. The van der Waals surface area contributed by atoms with Crippen molar-refractivity contribution in [2.45, 2.75) is 52.4 Å². The fourth-order valence-electron chi connectivity index (χ4n) is 1.94. The Morgan fingerprint density at radius 3 is 2.50 bits per heavy atom. The fraction of sp³-hybridized carbons (Fsp3) is 0.625. The van der Waals surface area contributed by atoms with Crippen LogP contribution in [0, 0.1) is 0 Å². The topological polar surface area (TPSA) is 9.23 Å². The van der Waals surface area contributed by atoms with Crippen LogP contribution in [-0.2, 0) is 11.8 Å². The van der Waals surface area contributed by atoms with Crippen LogP contribution >= 0.6 is 12.6 Å². The van der Waals surface area contributed by atoms with Crippen molar-refractivity contribution in [3.63, 3.8) is 0 Å². The van der Waals surface area contributed by atoms with Gasteiger partial charge in [0.15, 0.2) is 0 Å². The molecule has 18 heavy (non-hydrogen) atoms. The Balaban J connectivity index is 2.97. The third-order valence-corrected chi connectivity index (χ3v) is 3.25. The molecule has 0 aliphatic rings. The number of hydrogen-bond acceptors (Lipinski definition) is 2. The van der Waals surface area contributed by atoms with E-state index in [0.717, 1.165) is 37.4 Å². The fourth-order valence-corrected chi connectivity index (χ4v) is 2.10. The summed E-state index contributed by atoms with van der Waals surface area (Å²) >= 11 is 4.28. The standard InChI is InChI=1S/C16H26OS/c1-5-10-17-15-9-8-13(7-6-11-18)12-14(15)16(2,3)4/h8-9,12,18H,5-7,10-11H2,1-4H3. The van der Waals surface area contributed by atoms with E-state index in [2.05, 4.69) is 58.5 Å². The van der Waals surface area contributed by atoms with Gasteiger partial charge in [0, 0.05) is 0 Å². The summed E-state index contributed by atoms with van der Waals surface area (Å²) in [5.41, 5.74) is 2.82. The molecule has 1 aromatic rings. The van der Waals surface area contributed by atoms with Crippen LogP contribution in [0.1, 0.15) is 51.7 Å². The molecule has 1 rings (SSSR count). The molecule has 102 valence electrons. The maximum absolute atomic E-state index is 5.86. The summed E-state index contributed by atoms with van der Waals surface area (Å²) in [4.78, 5) is 0. The van der Waals surface area contributed by atoms with Crippen molar-refractivity contribution in [1.29, 1.82) is 0 Å². The van der Waals surface area contributed by atoms with Gasteiger partial charge in [-0.3, -0.25) is 0 Å². The van der Waals surface area contributed by atoms with Gasteiger partial charge >= 0.3 is 0 Å². The molecule has 0 unspecified atom stereocenters. The minimum atomic E-state index is 0.125. The minimum Gasteiger partial charge on any atom is -0.493 e. The van der Waals surface area contributed by atoms with Gasteiger partial charge in [-0.15, -0.1) is 0 Å². The lowest BCUT2D eigenvalue weighted by Crippen LogP contribution is -2.14. The monoisotopic (exact) mass is 266 g/mol. The molecule has 0 aromatic heterocycles. The largest absolute Gasteiger partial charge is 0.493 e. The van der Waals surface area contributed by atoms with Gasteiger partial charge in [0.05, 0.1) is 6.61 Å².